The van der Waals surface area contributed by atoms with Crippen molar-refractivity contribution >= 4 is 17.2 Å². The highest BCUT2D eigenvalue weighted by atomic mass is 19.4. The lowest BCUT2D eigenvalue weighted by molar-refractivity contribution is -0.136. The summed E-state index contributed by atoms with van der Waals surface area (Å²) in [5.74, 6) is 0. The van der Waals surface area contributed by atoms with E-state index < -0.39 is 11.7 Å². The minimum absolute atomic E-state index is 0.0583. The topological polar surface area (TPSA) is 32.9 Å². The third-order valence-electron chi connectivity index (χ3n) is 3.95. The van der Waals surface area contributed by atoms with Crippen molar-refractivity contribution in [2.24, 2.45) is 0 Å². The molecule has 0 atom stereocenters. The Labute approximate surface area is 130 Å². The zero-order valence-electron chi connectivity index (χ0n) is 12.6. The number of benzene rings is 2. The van der Waals surface area contributed by atoms with Crippen molar-refractivity contribution in [2.45, 2.75) is 20.0 Å². The number of aldehydes is 1. The fraction of sp³-hybridized carbons (Fsp3) is 0.167. The average molecular weight is 317 g/mol. The van der Waals surface area contributed by atoms with Crippen LogP contribution in [-0.4, -0.2) is 11.3 Å². The summed E-state index contributed by atoms with van der Waals surface area (Å²) in [4.78, 5) is 14.3. The van der Waals surface area contributed by atoms with Crippen molar-refractivity contribution < 1.29 is 18.0 Å². The van der Waals surface area contributed by atoms with Crippen LogP contribution in [0.4, 0.5) is 13.2 Å². The van der Waals surface area contributed by atoms with Crippen LogP contribution in [0.25, 0.3) is 22.2 Å². The maximum Gasteiger partial charge on any atom is 0.418 e. The number of alkyl halides is 3. The van der Waals surface area contributed by atoms with Crippen LogP contribution in [0.3, 0.4) is 0 Å². The smallest absolute Gasteiger partial charge is 0.353 e. The van der Waals surface area contributed by atoms with Gasteiger partial charge in [-0.3, -0.25) is 4.79 Å². The molecule has 2 aromatic carbocycles. The SMILES string of the molecule is Cc1ccc(-c2[nH]c3c(C(F)(F)F)cccc3c2C=O)c(C)c1. The number of H-pyrrole nitrogens is 1. The first-order chi connectivity index (χ1) is 10.8. The molecule has 5 heteroatoms. The molecule has 1 aromatic heterocycles. The second-order valence-corrected chi connectivity index (χ2v) is 5.58. The predicted molar refractivity (Wildman–Crippen MR) is 83.6 cm³/mol. The Hall–Kier alpha value is -2.56. The van der Waals surface area contributed by atoms with Crippen LogP contribution in [-0.2, 0) is 6.18 Å². The lowest BCUT2D eigenvalue weighted by Gasteiger charge is -2.07. The van der Waals surface area contributed by atoms with E-state index >= 15 is 0 Å². The number of halogens is 3. The molecular formula is C18H14F3NO. The molecule has 0 radical (unpaired) electrons. The number of aromatic amines is 1. The van der Waals surface area contributed by atoms with E-state index in [1.807, 2.05) is 32.0 Å². The lowest BCUT2D eigenvalue weighted by Crippen LogP contribution is -2.05. The summed E-state index contributed by atoms with van der Waals surface area (Å²) in [6.07, 6.45) is -3.88. The van der Waals surface area contributed by atoms with Gasteiger partial charge in [-0.15, -0.1) is 0 Å². The summed E-state index contributed by atoms with van der Waals surface area (Å²) >= 11 is 0. The van der Waals surface area contributed by atoms with Gasteiger partial charge in [-0.05, 0) is 25.5 Å². The number of carbonyl (C=O) groups is 1. The molecule has 23 heavy (non-hydrogen) atoms. The first kappa shape index (κ1) is 15.3. The van der Waals surface area contributed by atoms with E-state index in [1.54, 1.807) is 0 Å². The number of hydrogen-bond acceptors (Lipinski definition) is 1. The number of nitrogens with one attached hydrogen (secondary N) is 1. The largest absolute Gasteiger partial charge is 0.418 e. The zero-order valence-corrected chi connectivity index (χ0v) is 12.6. The number of para-hydroxylation sites is 1. The molecule has 0 saturated carbocycles. The van der Waals surface area contributed by atoms with E-state index in [4.69, 9.17) is 0 Å². The van der Waals surface area contributed by atoms with Crippen molar-refractivity contribution in [2.75, 3.05) is 0 Å². The minimum Gasteiger partial charge on any atom is -0.353 e. The Morgan fingerprint density at radius 3 is 2.43 bits per heavy atom. The van der Waals surface area contributed by atoms with Gasteiger partial charge in [0.25, 0.3) is 0 Å². The standard InChI is InChI=1S/C18H14F3NO/c1-10-6-7-12(11(2)8-10)16-14(9-23)13-4-3-5-15(17(13)22-16)18(19,20)21/h3-9,22H,1-2H3. The first-order valence-corrected chi connectivity index (χ1v) is 7.07. The maximum atomic E-state index is 13.2. The summed E-state index contributed by atoms with van der Waals surface area (Å²) in [5, 5.41) is 0.282. The van der Waals surface area contributed by atoms with E-state index in [0.717, 1.165) is 22.8 Å². The van der Waals surface area contributed by atoms with Gasteiger partial charge in [0.1, 0.15) is 0 Å². The maximum absolute atomic E-state index is 13.2. The minimum atomic E-state index is -4.48. The lowest BCUT2D eigenvalue weighted by atomic mass is 10.00. The van der Waals surface area contributed by atoms with E-state index in [1.165, 1.54) is 12.1 Å². The molecule has 0 aliphatic heterocycles. The number of rotatable bonds is 2. The fourth-order valence-electron chi connectivity index (χ4n) is 2.90. The van der Waals surface area contributed by atoms with Gasteiger partial charge in [-0.25, -0.2) is 0 Å². The normalized spacial score (nSPS) is 11.9. The number of hydrogen-bond donors (Lipinski definition) is 1. The van der Waals surface area contributed by atoms with Crippen LogP contribution in [0.5, 0.6) is 0 Å². The van der Waals surface area contributed by atoms with E-state index in [2.05, 4.69) is 4.98 Å². The summed E-state index contributed by atoms with van der Waals surface area (Å²) in [5.41, 5.74) is 2.51. The highest BCUT2D eigenvalue weighted by Gasteiger charge is 2.34. The van der Waals surface area contributed by atoms with Crippen LogP contribution in [0.15, 0.2) is 36.4 Å². The third kappa shape index (κ3) is 2.52. The Kier molecular flexibility index (Phi) is 3.51. The molecule has 0 aliphatic carbocycles. The third-order valence-corrected chi connectivity index (χ3v) is 3.95. The Morgan fingerprint density at radius 1 is 1.09 bits per heavy atom. The van der Waals surface area contributed by atoms with E-state index in [-0.39, 0.29) is 16.5 Å². The Morgan fingerprint density at radius 2 is 1.83 bits per heavy atom. The quantitative estimate of drug-likeness (QED) is 0.641. The van der Waals surface area contributed by atoms with E-state index in [9.17, 15) is 18.0 Å². The van der Waals surface area contributed by atoms with Crippen molar-refractivity contribution in [1.82, 2.24) is 4.98 Å². The van der Waals surface area contributed by atoms with Gasteiger partial charge in [0.15, 0.2) is 6.29 Å². The van der Waals surface area contributed by atoms with Crippen LogP contribution < -0.4 is 0 Å². The Bertz CT molecular complexity index is 907. The van der Waals surface area contributed by atoms with Gasteiger partial charge in [0.05, 0.1) is 16.8 Å². The van der Waals surface area contributed by atoms with Gasteiger partial charge in [0, 0.05) is 16.5 Å². The molecule has 1 heterocycles. The second kappa shape index (κ2) is 5.26. The number of aryl methyl sites for hydroxylation is 2. The summed E-state index contributed by atoms with van der Waals surface area (Å²) in [6.45, 7) is 3.80. The molecule has 2 nitrogen and oxygen atoms in total. The number of fused-ring (bicyclic) bond motifs is 1. The van der Waals surface area contributed by atoms with Gasteiger partial charge in [-0.1, -0.05) is 35.9 Å². The first-order valence-electron chi connectivity index (χ1n) is 7.07. The highest BCUT2D eigenvalue weighted by Crippen LogP contribution is 2.38. The molecule has 0 aliphatic rings. The molecule has 3 aromatic rings. The van der Waals surface area contributed by atoms with Gasteiger partial charge in [0.2, 0.25) is 0 Å². The van der Waals surface area contributed by atoms with Gasteiger partial charge >= 0.3 is 6.18 Å². The van der Waals surface area contributed by atoms with E-state index in [0.29, 0.717) is 12.0 Å². The molecular weight excluding hydrogens is 303 g/mol. The Balaban J connectivity index is 2.36. The van der Waals surface area contributed by atoms with Gasteiger partial charge in [-0.2, -0.15) is 13.2 Å². The zero-order chi connectivity index (χ0) is 16.8. The molecule has 0 amide bonds. The summed E-state index contributed by atoms with van der Waals surface area (Å²) in [6, 6.07) is 9.47. The molecule has 0 spiro atoms. The average Bonchev–Trinajstić information content (AvgIpc) is 2.84. The van der Waals surface area contributed by atoms with Crippen molar-refractivity contribution in [3.05, 3.63) is 58.7 Å². The molecule has 0 saturated heterocycles. The number of aromatic nitrogens is 1. The summed E-state index contributed by atoms with van der Waals surface area (Å²) in [7, 11) is 0. The molecule has 0 unspecified atom stereocenters. The molecule has 118 valence electrons. The molecule has 3 rings (SSSR count). The fourth-order valence-corrected chi connectivity index (χ4v) is 2.90. The number of carbonyl (C=O) groups excluding carboxylic acids is 1. The molecule has 0 fully saturated rings. The van der Waals surface area contributed by atoms with Gasteiger partial charge < -0.3 is 4.98 Å². The van der Waals surface area contributed by atoms with Crippen molar-refractivity contribution in [3.8, 4) is 11.3 Å². The molecule has 1 N–H and O–H groups in total. The van der Waals surface area contributed by atoms with Crippen molar-refractivity contribution in [3.63, 3.8) is 0 Å². The van der Waals surface area contributed by atoms with Crippen LogP contribution in [0.1, 0.15) is 27.0 Å². The van der Waals surface area contributed by atoms with Crippen LogP contribution in [0, 0.1) is 13.8 Å². The monoisotopic (exact) mass is 317 g/mol. The van der Waals surface area contributed by atoms with Crippen LogP contribution >= 0.6 is 0 Å². The molecule has 0 bridgehead atoms. The second-order valence-electron chi connectivity index (χ2n) is 5.58. The van der Waals surface area contributed by atoms with Crippen molar-refractivity contribution in [1.29, 1.82) is 0 Å². The van der Waals surface area contributed by atoms with Crippen LogP contribution in [0.2, 0.25) is 0 Å². The predicted octanol–water partition coefficient (Wildman–Crippen LogP) is 5.28. The highest BCUT2D eigenvalue weighted by molar-refractivity contribution is 6.05. The summed E-state index contributed by atoms with van der Waals surface area (Å²) < 4.78 is 39.6.